The van der Waals surface area contributed by atoms with Crippen molar-refractivity contribution in [1.82, 2.24) is 0 Å². The molecule has 3 rings (SSSR count). The lowest BCUT2D eigenvalue weighted by Gasteiger charge is -2.27. The van der Waals surface area contributed by atoms with Gasteiger partial charge in [0.25, 0.3) is 0 Å². The first-order valence-corrected chi connectivity index (χ1v) is 7.64. The van der Waals surface area contributed by atoms with Crippen LogP contribution >= 0.6 is 22.6 Å². The van der Waals surface area contributed by atoms with E-state index in [1.807, 2.05) is 12.1 Å². The summed E-state index contributed by atoms with van der Waals surface area (Å²) in [7, 11) is 0. The molecule has 0 heterocycles. The average Bonchev–Trinajstić information content (AvgIpc) is 2.34. The van der Waals surface area contributed by atoms with Crippen LogP contribution in [0.25, 0.3) is 0 Å². The average molecular weight is 387 g/mol. The summed E-state index contributed by atoms with van der Waals surface area (Å²) in [6.45, 7) is 0. The van der Waals surface area contributed by atoms with E-state index in [0.717, 1.165) is 9.26 Å². The van der Waals surface area contributed by atoms with Gasteiger partial charge in [0.2, 0.25) is 0 Å². The standard InChI is InChI=1S/C10H12FN.C6H4FI/c11-8-3-1-6-10(7-8)12-9-4-2-5-9;7-5-2-1-3-6(8)4-5/h1,3,6-7,9,12H,2,4-5H2;1-4H. The lowest BCUT2D eigenvalue weighted by atomic mass is 9.93. The fraction of sp³-hybridized carbons (Fsp3) is 0.250. The van der Waals surface area contributed by atoms with E-state index in [2.05, 4.69) is 27.9 Å². The maximum absolute atomic E-state index is 12.7. The molecular formula is C16H16F2IN. The molecule has 0 spiro atoms. The van der Waals surface area contributed by atoms with Crippen molar-refractivity contribution in [2.45, 2.75) is 25.3 Å². The Balaban J connectivity index is 0.000000160. The van der Waals surface area contributed by atoms with Gasteiger partial charge in [-0.15, -0.1) is 0 Å². The van der Waals surface area contributed by atoms with Crippen molar-refractivity contribution < 1.29 is 8.78 Å². The van der Waals surface area contributed by atoms with Crippen molar-refractivity contribution >= 4 is 28.3 Å². The zero-order valence-corrected chi connectivity index (χ0v) is 13.1. The fourth-order valence-electron chi connectivity index (χ4n) is 1.83. The maximum Gasteiger partial charge on any atom is 0.125 e. The van der Waals surface area contributed by atoms with Crippen LogP contribution in [0.5, 0.6) is 0 Å². The molecule has 4 heteroatoms. The maximum atomic E-state index is 12.7. The van der Waals surface area contributed by atoms with E-state index >= 15 is 0 Å². The van der Waals surface area contributed by atoms with Crippen LogP contribution in [0.3, 0.4) is 0 Å². The number of halogens is 3. The Bertz CT molecular complexity index is 538. The number of nitrogens with one attached hydrogen (secondary N) is 1. The smallest absolute Gasteiger partial charge is 0.125 e. The molecule has 0 bridgehead atoms. The summed E-state index contributed by atoms with van der Waals surface area (Å²) in [5.41, 5.74) is 0.903. The highest BCUT2D eigenvalue weighted by Gasteiger charge is 2.16. The van der Waals surface area contributed by atoms with Crippen LogP contribution in [0.4, 0.5) is 14.5 Å². The van der Waals surface area contributed by atoms with E-state index < -0.39 is 0 Å². The first-order valence-electron chi connectivity index (χ1n) is 6.56. The van der Waals surface area contributed by atoms with Crippen molar-refractivity contribution in [1.29, 1.82) is 0 Å². The molecular weight excluding hydrogens is 371 g/mol. The van der Waals surface area contributed by atoms with Crippen LogP contribution in [-0.4, -0.2) is 6.04 Å². The molecule has 1 aliphatic carbocycles. The van der Waals surface area contributed by atoms with Gasteiger partial charge in [0.05, 0.1) is 0 Å². The lowest BCUT2D eigenvalue weighted by Crippen LogP contribution is -2.26. The van der Waals surface area contributed by atoms with E-state index in [1.165, 1.54) is 37.5 Å². The molecule has 106 valence electrons. The molecule has 0 amide bonds. The monoisotopic (exact) mass is 387 g/mol. The number of hydrogen-bond acceptors (Lipinski definition) is 1. The Kier molecular flexibility index (Phi) is 5.76. The summed E-state index contributed by atoms with van der Waals surface area (Å²) in [5, 5.41) is 3.28. The van der Waals surface area contributed by atoms with E-state index in [-0.39, 0.29) is 11.6 Å². The second-order valence-electron chi connectivity index (χ2n) is 4.72. The van der Waals surface area contributed by atoms with Gasteiger partial charge in [-0.2, -0.15) is 0 Å². The molecule has 0 atom stereocenters. The Morgan fingerprint density at radius 3 is 2.05 bits per heavy atom. The highest BCUT2D eigenvalue weighted by molar-refractivity contribution is 14.1. The number of benzene rings is 2. The van der Waals surface area contributed by atoms with Crippen molar-refractivity contribution in [2.75, 3.05) is 5.32 Å². The summed E-state index contributed by atoms with van der Waals surface area (Å²) >= 11 is 2.07. The number of rotatable bonds is 2. The predicted molar refractivity (Wildman–Crippen MR) is 86.8 cm³/mol. The van der Waals surface area contributed by atoms with Gasteiger partial charge in [-0.3, -0.25) is 0 Å². The third-order valence-corrected chi connectivity index (χ3v) is 3.76. The normalized spacial score (nSPS) is 13.9. The first-order chi connectivity index (χ1) is 9.63. The lowest BCUT2D eigenvalue weighted by molar-refractivity contribution is 0.445. The summed E-state index contributed by atoms with van der Waals surface area (Å²) < 4.78 is 25.8. The zero-order valence-electron chi connectivity index (χ0n) is 11.0. The van der Waals surface area contributed by atoms with Gasteiger partial charge in [0.15, 0.2) is 0 Å². The molecule has 0 aromatic heterocycles. The van der Waals surface area contributed by atoms with Crippen molar-refractivity contribution in [3.63, 3.8) is 0 Å². The number of hydrogen-bond donors (Lipinski definition) is 1. The van der Waals surface area contributed by atoms with Gasteiger partial charge in [-0.25, -0.2) is 8.78 Å². The van der Waals surface area contributed by atoms with Crippen LogP contribution in [-0.2, 0) is 0 Å². The van der Waals surface area contributed by atoms with Crippen molar-refractivity contribution in [3.8, 4) is 0 Å². The van der Waals surface area contributed by atoms with Gasteiger partial charge in [0, 0.05) is 15.3 Å². The molecule has 1 N–H and O–H groups in total. The summed E-state index contributed by atoms with van der Waals surface area (Å²) in [4.78, 5) is 0. The molecule has 1 saturated carbocycles. The molecule has 1 aliphatic rings. The van der Waals surface area contributed by atoms with Crippen LogP contribution in [0, 0.1) is 15.2 Å². The minimum absolute atomic E-state index is 0.167. The third kappa shape index (κ3) is 5.07. The van der Waals surface area contributed by atoms with E-state index in [1.54, 1.807) is 18.2 Å². The molecule has 0 saturated heterocycles. The minimum Gasteiger partial charge on any atom is -0.382 e. The SMILES string of the molecule is Fc1cccc(I)c1.Fc1cccc(NC2CCC2)c1. The molecule has 20 heavy (non-hydrogen) atoms. The highest BCUT2D eigenvalue weighted by Crippen LogP contribution is 2.23. The largest absolute Gasteiger partial charge is 0.382 e. The second kappa shape index (κ2) is 7.57. The fourth-order valence-corrected chi connectivity index (χ4v) is 2.33. The molecule has 0 aliphatic heterocycles. The van der Waals surface area contributed by atoms with E-state index in [4.69, 9.17) is 0 Å². The quantitative estimate of drug-likeness (QED) is 0.697. The topological polar surface area (TPSA) is 12.0 Å². The highest BCUT2D eigenvalue weighted by atomic mass is 127. The molecule has 1 fully saturated rings. The van der Waals surface area contributed by atoms with E-state index in [0.29, 0.717) is 6.04 Å². The molecule has 2 aromatic rings. The molecule has 2 aromatic carbocycles. The Labute approximate surface area is 131 Å². The van der Waals surface area contributed by atoms with Crippen LogP contribution in [0.1, 0.15) is 19.3 Å². The Morgan fingerprint density at radius 1 is 0.950 bits per heavy atom. The van der Waals surface area contributed by atoms with Gasteiger partial charge in [-0.1, -0.05) is 12.1 Å². The molecule has 0 radical (unpaired) electrons. The molecule has 1 nitrogen and oxygen atoms in total. The number of anilines is 1. The van der Waals surface area contributed by atoms with Crippen molar-refractivity contribution in [3.05, 3.63) is 63.7 Å². The van der Waals surface area contributed by atoms with Crippen molar-refractivity contribution in [2.24, 2.45) is 0 Å². The van der Waals surface area contributed by atoms with E-state index in [9.17, 15) is 8.78 Å². The van der Waals surface area contributed by atoms with Crippen LogP contribution < -0.4 is 5.32 Å². The van der Waals surface area contributed by atoms with Crippen LogP contribution in [0.15, 0.2) is 48.5 Å². The van der Waals surface area contributed by atoms with Gasteiger partial charge >= 0.3 is 0 Å². The Hall–Kier alpha value is -1.17. The zero-order chi connectivity index (χ0) is 14.4. The Morgan fingerprint density at radius 2 is 1.60 bits per heavy atom. The summed E-state index contributed by atoms with van der Waals surface area (Å²) in [5.74, 6) is -0.337. The van der Waals surface area contributed by atoms with Gasteiger partial charge in [-0.05, 0) is 78.3 Å². The van der Waals surface area contributed by atoms with Gasteiger partial charge in [0.1, 0.15) is 11.6 Å². The first kappa shape index (κ1) is 15.2. The van der Waals surface area contributed by atoms with Crippen LogP contribution in [0.2, 0.25) is 0 Å². The third-order valence-electron chi connectivity index (χ3n) is 3.09. The minimum atomic E-state index is -0.170. The second-order valence-corrected chi connectivity index (χ2v) is 5.97. The molecule has 0 unspecified atom stereocenters. The predicted octanol–water partition coefficient (Wildman–Crippen LogP) is 5.22. The summed E-state index contributed by atoms with van der Waals surface area (Å²) in [6, 6.07) is 13.7. The van der Waals surface area contributed by atoms with Gasteiger partial charge < -0.3 is 5.32 Å². The summed E-state index contributed by atoms with van der Waals surface area (Å²) in [6.07, 6.45) is 3.74.